The van der Waals surface area contributed by atoms with Crippen LogP contribution in [0, 0.1) is 0 Å². The topological polar surface area (TPSA) is 33.6 Å². The molecule has 3 rings (SSSR count). The SMILES string of the molecule is COC1CCCC1N=C1NC2(CCCCC2)CS1. The first kappa shape index (κ1) is 12.8. The minimum absolute atomic E-state index is 0.350. The smallest absolute Gasteiger partial charge is 0.157 e. The summed E-state index contributed by atoms with van der Waals surface area (Å²) in [5.74, 6) is 1.22. The number of nitrogens with zero attached hydrogens (tertiary/aromatic N) is 1. The third-order valence-corrected chi connectivity index (χ3v) is 5.85. The van der Waals surface area contributed by atoms with E-state index in [0.29, 0.717) is 17.7 Å². The van der Waals surface area contributed by atoms with Gasteiger partial charge in [-0.3, -0.25) is 4.99 Å². The summed E-state index contributed by atoms with van der Waals surface area (Å²) in [7, 11) is 1.82. The lowest BCUT2D eigenvalue weighted by Gasteiger charge is -2.32. The molecule has 2 unspecified atom stereocenters. The van der Waals surface area contributed by atoms with Crippen LogP contribution in [0.1, 0.15) is 51.4 Å². The summed E-state index contributed by atoms with van der Waals surface area (Å²) in [6.45, 7) is 0. The van der Waals surface area contributed by atoms with Gasteiger partial charge >= 0.3 is 0 Å². The average molecular weight is 268 g/mol. The van der Waals surface area contributed by atoms with Crippen LogP contribution in [0.5, 0.6) is 0 Å². The van der Waals surface area contributed by atoms with Crippen molar-refractivity contribution in [1.82, 2.24) is 5.32 Å². The summed E-state index contributed by atoms with van der Waals surface area (Å²) >= 11 is 1.93. The molecule has 3 fully saturated rings. The first-order valence-electron chi connectivity index (χ1n) is 7.33. The Morgan fingerprint density at radius 1 is 1.22 bits per heavy atom. The molecule has 4 heteroatoms. The molecule has 0 amide bonds. The highest BCUT2D eigenvalue weighted by molar-refractivity contribution is 8.14. The highest BCUT2D eigenvalue weighted by Crippen LogP contribution is 2.37. The van der Waals surface area contributed by atoms with Crippen molar-refractivity contribution < 1.29 is 4.74 Å². The molecule has 0 aromatic carbocycles. The summed E-state index contributed by atoms with van der Waals surface area (Å²) in [4.78, 5) is 4.92. The van der Waals surface area contributed by atoms with Crippen molar-refractivity contribution in [2.75, 3.05) is 12.9 Å². The quantitative estimate of drug-likeness (QED) is 0.836. The van der Waals surface area contributed by atoms with Gasteiger partial charge in [-0.2, -0.15) is 0 Å². The van der Waals surface area contributed by atoms with Gasteiger partial charge in [0, 0.05) is 18.4 Å². The Bertz CT molecular complexity index is 326. The van der Waals surface area contributed by atoms with Gasteiger partial charge in [0.05, 0.1) is 12.1 Å². The standard InChI is InChI=1S/C14H24N2OS/c1-17-12-7-5-6-11(12)15-13-16-14(10-18-13)8-3-2-4-9-14/h11-12H,2-10H2,1H3,(H,15,16). The Balaban J connectivity index is 1.64. The Morgan fingerprint density at radius 2 is 2.06 bits per heavy atom. The van der Waals surface area contributed by atoms with Crippen LogP contribution in [0.4, 0.5) is 0 Å². The predicted octanol–water partition coefficient (Wildman–Crippen LogP) is 2.95. The minimum atomic E-state index is 0.350. The lowest BCUT2D eigenvalue weighted by molar-refractivity contribution is 0.0966. The van der Waals surface area contributed by atoms with Crippen molar-refractivity contribution in [3.05, 3.63) is 0 Å². The van der Waals surface area contributed by atoms with Crippen LogP contribution in [0.3, 0.4) is 0 Å². The Kier molecular flexibility index (Phi) is 3.85. The monoisotopic (exact) mass is 268 g/mol. The number of ether oxygens (including phenoxy) is 1. The molecule has 1 spiro atoms. The third-order valence-electron chi connectivity index (χ3n) is 4.67. The zero-order valence-corrected chi connectivity index (χ0v) is 12.1. The number of hydrogen-bond acceptors (Lipinski definition) is 3. The Labute approximate surface area is 114 Å². The molecule has 0 aromatic rings. The number of aliphatic imine (C=N–C) groups is 1. The van der Waals surface area contributed by atoms with E-state index in [-0.39, 0.29) is 0 Å². The first-order chi connectivity index (χ1) is 8.81. The van der Waals surface area contributed by atoms with Crippen molar-refractivity contribution in [2.24, 2.45) is 4.99 Å². The normalized spacial score (nSPS) is 37.3. The summed E-state index contributed by atoms with van der Waals surface area (Å²) in [6, 6.07) is 0.392. The van der Waals surface area contributed by atoms with Crippen LogP contribution in [-0.4, -0.2) is 35.7 Å². The third kappa shape index (κ3) is 2.55. The zero-order valence-electron chi connectivity index (χ0n) is 11.3. The van der Waals surface area contributed by atoms with Gasteiger partial charge in [0.15, 0.2) is 5.17 Å². The van der Waals surface area contributed by atoms with Gasteiger partial charge in [0.25, 0.3) is 0 Å². The summed E-state index contributed by atoms with van der Waals surface area (Å²) in [5, 5.41) is 4.92. The molecule has 2 atom stereocenters. The summed E-state index contributed by atoms with van der Waals surface area (Å²) in [6.07, 6.45) is 10.8. The molecule has 0 aromatic heterocycles. The van der Waals surface area contributed by atoms with E-state index < -0.39 is 0 Å². The van der Waals surface area contributed by atoms with Crippen LogP contribution in [0.2, 0.25) is 0 Å². The van der Waals surface area contributed by atoms with Crippen molar-refractivity contribution in [2.45, 2.75) is 69.1 Å². The molecule has 1 heterocycles. The molecule has 2 saturated carbocycles. The molecular weight excluding hydrogens is 244 g/mol. The molecule has 18 heavy (non-hydrogen) atoms. The van der Waals surface area contributed by atoms with E-state index in [9.17, 15) is 0 Å². The fraction of sp³-hybridized carbons (Fsp3) is 0.929. The molecule has 1 saturated heterocycles. The molecule has 3 nitrogen and oxygen atoms in total. The number of amidine groups is 1. The van der Waals surface area contributed by atoms with Gasteiger partial charge in [-0.25, -0.2) is 0 Å². The van der Waals surface area contributed by atoms with Gasteiger partial charge in [0.2, 0.25) is 0 Å². The lowest BCUT2D eigenvalue weighted by atomic mass is 9.83. The maximum atomic E-state index is 5.53. The molecule has 2 aliphatic carbocycles. The number of thioether (sulfide) groups is 1. The molecule has 0 radical (unpaired) electrons. The van der Waals surface area contributed by atoms with E-state index in [0.717, 1.165) is 0 Å². The fourth-order valence-electron chi connectivity index (χ4n) is 3.55. The van der Waals surface area contributed by atoms with E-state index in [2.05, 4.69) is 5.32 Å². The largest absolute Gasteiger partial charge is 0.379 e. The van der Waals surface area contributed by atoms with Crippen molar-refractivity contribution in [3.8, 4) is 0 Å². The number of nitrogens with one attached hydrogen (secondary N) is 1. The molecule has 1 aliphatic heterocycles. The number of rotatable bonds is 2. The molecule has 102 valence electrons. The van der Waals surface area contributed by atoms with E-state index in [4.69, 9.17) is 9.73 Å². The second-order valence-electron chi connectivity index (χ2n) is 5.96. The first-order valence-corrected chi connectivity index (χ1v) is 8.31. The van der Waals surface area contributed by atoms with Gasteiger partial charge in [-0.15, -0.1) is 0 Å². The van der Waals surface area contributed by atoms with Gasteiger partial charge in [-0.05, 0) is 32.1 Å². The van der Waals surface area contributed by atoms with Crippen molar-refractivity contribution >= 4 is 16.9 Å². The van der Waals surface area contributed by atoms with E-state index in [1.165, 1.54) is 62.3 Å². The Hall–Kier alpha value is -0.220. The highest BCUT2D eigenvalue weighted by atomic mass is 32.2. The second kappa shape index (κ2) is 5.41. The van der Waals surface area contributed by atoms with Crippen LogP contribution >= 0.6 is 11.8 Å². The lowest BCUT2D eigenvalue weighted by Crippen LogP contribution is -2.45. The average Bonchev–Trinajstić information content (AvgIpc) is 2.99. The predicted molar refractivity (Wildman–Crippen MR) is 77.3 cm³/mol. The van der Waals surface area contributed by atoms with Crippen molar-refractivity contribution in [1.29, 1.82) is 0 Å². The molecular formula is C14H24N2OS. The van der Waals surface area contributed by atoms with E-state index in [1.807, 2.05) is 18.9 Å². The fourth-order valence-corrected chi connectivity index (χ4v) is 4.83. The van der Waals surface area contributed by atoms with Crippen LogP contribution in [0.25, 0.3) is 0 Å². The van der Waals surface area contributed by atoms with Gasteiger partial charge < -0.3 is 10.1 Å². The summed E-state index contributed by atoms with van der Waals surface area (Å²) < 4.78 is 5.53. The molecule has 1 N–H and O–H groups in total. The van der Waals surface area contributed by atoms with Crippen LogP contribution in [-0.2, 0) is 4.74 Å². The zero-order chi connectivity index (χ0) is 12.4. The van der Waals surface area contributed by atoms with Crippen molar-refractivity contribution in [3.63, 3.8) is 0 Å². The Morgan fingerprint density at radius 3 is 2.83 bits per heavy atom. The van der Waals surface area contributed by atoms with Crippen LogP contribution in [0.15, 0.2) is 4.99 Å². The van der Waals surface area contributed by atoms with E-state index in [1.54, 1.807) is 0 Å². The van der Waals surface area contributed by atoms with Crippen LogP contribution < -0.4 is 5.32 Å². The van der Waals surface area contributed by atoms with Gasteiger partial charge in [0.1, 0.15) is 0 Å². The highest BCUT2D eigenvalue weighted by Gasteiger charge is 2.39. The number of hydrogen-bond donors (Lipinski definition) is 1. The summed E-state index contributed by atoms with van der Waals surface area (Å²) in [5.41, 5.74) is 0.378. The second-order valence-corrected chi connectivity index (χ2v) is 6.93. The maximum absolute atomic E-state index is 5.53. The molecule has 0 bridgehead atoms. The number of methoxy groups -OCH3 is 1. The maximum Gasteiger partial charge on any atom is 0.157 e. The molecule has 3 aliphatic rings. The van der Waals surface area contributed by atoms with E-state index >= 15 is 0 Å². The van der Waals surface area contributed by atoms with Gasteiger partial charge in [-0.1, -0.05) is 31.0 Å². The minimum Gasteiger partial charge on any atom is -0.379 e.